The molecule has 2 rings (SSSR count). The van der Waals surface area contributed by atoms with Crippen molar-refractivity contribution in [1.29, 1.82) is 0 Å². The van der Waals surface area contributed by atoms with E-state index in [0.29, 0.717) is 5.92 Å². The van der Waals surface area contributed by atoms with E-state index >= 15 is 0 Å². The van der Waals surface area contributed by atoms with Crippen LogP contribution in [0, 0.1) is 13.8 Å². The van der Waals surface area contributed by atoms with E-state index in [-0.39, 0.29) is 23.6 Å². The number of aliphatic hydroxyl groups is 1. The topological polar surface area (TPSA) is 20.2 Å². The third-order valence-corrected chi connectivity index (χ3v) is 4.57. The summed E-state index contributed by atoms with van der Waals surface area (Å²) in [6.07, 6.45) is 1.04. The average Bonchev–Trinajstić information content (AvgIpc) is 2.49. The number of likely N-dealkylation sites (N-methyl/N-ethyl adjacent to an activating group) is 1. The second kappa shape index (κ2) is 9.36. The maximum absolute atomic E-state index is 9.33. The van der Waals surface area contributed by atoms with Crippen LogP contribution in [0.2, 0.25) is 0 Å². The van der Waals surface area contributed by atoms with Gasteiger partial charge in [-0.1, -0.05) is 59.7 Å². The first-order chi connectivity index (χ1) is 10.9. The van der Waals surface area contributed by atoms with Gasteiger partial charge in [0.25, 0.3) is 0 Å². The maximum atomic E-state index is 9.33. The summed E-state index contributed by atoms with van der Waals surface area (Å²) in [5.41, 5.74) is 5.37. The van der Waals surface area contributed by atoms with Gasteiger partial charge in [-0.15, -0.1) is 0 Å². The zero-order valence-electron chi connectivity index (χ0n) is 15.3. The van der Waals surface area contributed by atoms with Crippen LogP contribution < -0.4 is 17.0 Å². The van der Waals surface area contributed by atoms with Crippen LogP contribution in [0.5, 0.6) is 0 Å². The molecule has 1 unspecified atom stereocenters. The minimum atomic E-state index is 0. The number of quaternary nitrogens is 1. The van der Waals surface area contributed by atoms with Gasteiger partial charge in [-0.3, -0.25) is 0 Å². The second-order valence-electron chi connectivity index (χ2n) is 7.36. The normalized spacial score (nSPS) is 12.5. The van der Waals surface area contributed by atoms with Crippen molar-refractivity contribution < 1.29 is 26.6 Å². The summed E-state index contributed by atoms with van der Waals surface area (Å²) in [4.78, 5) is 0. The van der Waals surface area contributed by atoms with Crippen LogP contribution in [0.4, 0.5) is 0 Å². The van der Waals surface area contributed by atoms with Crippen molar-refractivity contribution in [1.82, 2.24) is 0 Å². The van der Waals surface area contributed by atoms with Gasteiger partial charge >= 0.3 is 0 Å². The summed E-state index contributed by atoms with van der Waals surface area (Å²) in [6.45, 7) is 6.30. The van der Waals surface area contributed by atoms with Gasteiger partial charge in [-0.25, -0.2) is 0 Å². The Morgan fingerprint density at radius 3 is 1.88 bits per heavy atom. The van der Waals surface area contributed by atoms with Gasteiger partial charge in [0.15, 0.2) is 0 Å². The zero-order chi connectivity index (χ0) is 16.9. The van der Waals surface area contributed by atoms with E-state index < -0.39 is 0 Å². The molecule has 0 saturated carbocycles. The minimum absolute atomic E-state index is 0. The third-order valence-electron chi connectivity index (χ3n) is 4.57. The van der Waals surface area contributed by atoms with E-state index in [0.717, 1.165) is 24.0 Å². The fraction of sp³-hybridized carbons (Fsp3) is 0.429. The Hall–Kier alpha value is -1.16. The van der Waals surface area contributed by atoms with Crippen molar-refractivity contribution in [3.8, 4) is 0 Å². The molecule has 24 heavy (non-hydrogen) atoms. The molecule has 0 bridgehead atoms. The lowest BCUT2D eigenvalue weighted by Crippen LogP contribution is -3.00. The Morgan fingerprint density at radius 1 is 0.875 bits per heavy atom. The number of rotatable bonds is 7. The highest BCUT2D eigenvalue weighted by Crippen LogP contribution is 2.24. The van der Waals surface area contributed by atoms with Crippen LogP contribution in [0.15, 0.2) is 48.5 Å². The summed E-state index contributed by atoms with van der Waals surface area (Å²) < 4.78 is 0.834. The largest absolute Gasteiger partial charge is 1.00 e. The molecule has 2 aromatic carbocycles. The first-order valence-corrected chi connectivity index (χ1v) is 8.44. The Labute approximate surface area is 157 Å². The summed E-state index contributed by atoms with van der Waals surface area (Å²) >= 11 is 0. The zero-order valence-corrected chi connectivity index (χ0v) is 16.9. The van der Waals surface area contributed by atoms with E-state index in [2.05, 4.69) is 76.5 Å². The number of nitrogens with zero attached hydrogens (tertiary/aromatic N) is 1. The summed E-state index contributed by atoms with van der Waals surface area (Å²) in [7, 11) is 4.40. The van der Waals surface area contributed by atoms with Crippen molar-refractivity contribution in [2.45, 2.75) is 26.2 Å². The lowest BCUT2D eigenvalue weighted by molar-refractivity contribution is -0.892. The Balaban J connectivity index is 0.00000288. The van der Waals surface area contributed by atoms with Crippen LogP contribution in [0.1, 0.15) is 28.2 Å². The summed E-state index contributed by atoms with van der Waals surface area (Å²) in [5.74, 6) is 0.458. The van der Waals surface area contributed by atoms with E-state index in [9.17, 15) is 5.11 Å². The van der Waals surface area contributed by atoms with E-state index in [1.165, 1.54) is 22.3 Å². The van der Waals surface area contributed by atoms with Gasteiger partial charge in [-0.2, -0.15) is 0 Å². The molecule has 0 aliphatic heterocycles. The van der Waals surface area contributed by atoms with E-state index in [1.54, 1.807) is 0 Å². The molecule has 0 amide bonds. The molecule has 0 heterocycles. The maximum Gasteiger partial charge on any atom is 0.102 e. The summed E-state index contributed by atoms with van der Waals surface area (Å²) in [6, 6.07) is 17.8. The number of aliphatic hydroxyl groups excluding tert-OH is 1. The fourth-order valence-electron chi connectivity index (χ4n) is 3.09. The SMILES string of the molecule is Cc1ccc(CC(C[N+](C)(C)CCO)c2ccc(C)cc2)cc1.[Br-]. The minimum Gasteiger partial charge on any atom is -1.00 e. The van der Waals surface area contributed by atoms with Crippen LogP contribution in [-0.2, 0) is 6.42 Å². The Morgan fingerprint density at radius 2 is 1.38 bits per heavy atom. The molecular weight excluding hydrogens is 362 g/mol. The number of benzene rings is 2. The van der Waals surface area contributed by atoms with Crippen molar-refractivity contribution in [3.63, 3.8) is 0 Å². The highest BCUT2D eigenvalue weighted by Gasteiger charge is 2.23. The van der Waals surface area contributed by atoms with Crippen LogP contribution >= 0.6 is 0 Å². The molecule has 0 radical (unpaired) electrons. The highest BCUT2D eigenvalue weighted by molar-refractivity contribution is 5.28. The number of aryl methyl sites for hydroxylation is 2. The Bertz CT molecular complexity index is 605. The lowest BCUT2D eigenvalue weighted by atomic mass is 9.90. The summed E-state index contributed by atoms with van der Waals surface area (Å²) in [5, 5.41) is 9.33. The molecule has 0 aromatic heterocycles. The van der Waals surface area contributed by atoms with Crippen molar-refractivity contribution in [2.75, 3.05) is 33.8 Å². The number of halogens is 1. The smallest absolute Gasteiger partial charge is 0.102 e. The van der Waals surface area contributed by atoms with Gasteiger partial charge < -0.3 is 26.6 Å². The second-order valence-corrected chi connectivity index (χ2v) is 7.36. The lowest BCUT2D eigenvalue weighted by Gasteiger charge is -2.33. The van der Waals surface area contributed by atoms with Gasteiger partial charge in [0.1, 0.15) is 6.54 Å². The number of hydrogen-bond donors (Lipinski definition) is 1. The molecule has 0 aliphatic carbocycles. The average molecular weight is 392 g/mol. The predicted molar refractivity (Wildman–Crippen MR) is 97.7 cm³/mol. The quantitative estimate of drug-likeness (QED) is 0.688. The van der Waals surface area contributed by atoms with Gasteiger partial charge in [0, 0.05) is 5.92 Å². The van der Waals surface area contributed by atoms with Crippen molar-refractivity contribution >= 4 is 0 Å². The molecular formula is C21H30BrNO. The monoisotopic (exact) mass is 391 g/mol. The molecule has 1 N–H and O–H groups in total. The Kier molecular flexibility index (Phi) is 8.14. The molecule has 3 heteroatoms. The molecule has 2 nitrogen and oxygen atoms in total. The molecule has 1 atom stereocenters. The molecule has 0 fully saturated rings. The van der Waals surface area contributed by atoms with Crippen LogP contribution in [0.25, 0.3) is 0 Å². The first-order valence-electron chi connectivity index (χ1n) is 8.44. The van der Waals surface area contributed by atoms with Gasteiger partial charge in [0.2, 0.25) is 0 Å². The first kappa shape index (κ1) is 20.9. The molecule has 0 spiro atoms. The molecule has 0 saturated heterocycles. The van der Waals surface area contributed by atoms with E-state index in [4.69, 9.17) is 0 Å². The van der Waals surface area contributed by atoms with Gasteiger partial charge in [-0.05, 0) is 31.4 Å². The molecule has 132 valence electrons. The van der Waals surface area contributed by atoms with Crippen molar-refractivity contribution in [3.05, 3.63) is 70.8 Å². The van der Waals surface area contributed by atoms with E-state index in [1.807, 2.05) is 0 Å². The van der Waals surface area contributed by atoms with Crippen LogP contribution in [0.3, 0.4) is 0 Å². The predicted octanol–water partition coefficient (Wildman–Crippen LogP) is 0.702. The van der Waals surface area contributed by atoms with Gasteiger partial charge in [0.05, 0.1) is 27.2 Å². The third kappa shape index (κ3) is 6.39. The van der Waals surface area contributed by atoms with Crippen LogP contribution in [-0.4, -0.2) is 43.4 Å². The molecule has 0 aliphatic rings. The fourth-order valence-corrected chi connectivity index (χ4v) is 3.09. The standard InChI is InChI=1S/C21H30NO.BrH/c1-17-5-9-19(10-6-17)15-21(16-22(3,4)13-14-23)20-11-7-18(2)8-12-20;/h5-12,21,23H,13-16H2,1-4H3;1H/q+1;/p-1. The van der Waals surface area contributed by atoms with Crippen molar-refractivity contribution in [2.24, 2.45) is 0 Å². The number of hydrogen-bond acceptors (Lipinski definition) is 1. The molecule has 2 aromatic rings. The highest BCUT2D eigenvalue weighted by atomic mass is 79.9.